The van der Waals surface area contributed by atoms with E-state index in [4.69, 9.17) is 4.74 Å². The first-order valence-corrected chi connectivity index (χ1v) is 9.56. The van der Waals surface area contributed by atoms with Gasteiger partial charge in [0, 0.05) is 38.3 Å². The van der Waals surface area contributed by atoms with Crippen molar-refractivity contribution in [3.05, 3.63) is 69.3 Å². The standard InChI is InChI=1S/C21H26N4O4/c1-23(2)15-17-6-4-3-5-16(17)14-22-21(26)19-13-18(25(27)28)7-8-20(19)24-9-11-29-12-10-24/h3-8,13H,9-12,14-15H2,1-2H3,(H,22,26). The molecule has 29 heavy (non-hydrogen) atoms. The summed E-state index contributed by atoms with van der Waals surface area (Å²) in [6, 6.07) is 12.4. The van der Waals surface area contributed by atoms with Crippen LogP contribution in [0.2, 0.25) is 0 Å². The molecule has 8 heteroatoms. The molecule has 1 amide bonds. The summed E-state index contributed by atoms with van der Waals surface area (Å²) in [5, 5.41) is 14.2. The Labute approximate surface area is 170 Å². The van der Waals surface area contributed by atoms with Gasteiger partial charge in [0.2, 0.25) is 0 Å². The normalized spacial score (nSPS) is 14.1. The van der Waals surface area contributed by atoms with Crippen molar-refractivity contribution in [2.45, 2.75) is 13.1 Å². The smallest absolute Gasteiger partial charge is 0.270 e. The van der Waals surface area contributed by atoms with E-state index in [0.29, 0.717) is 44.1 Å². The number of anilines is 1. The van der Waals surface area contributed by atoms with E-state index in [0.717, 1.165) is 17.7 Å². The summed E-state index contributed by atoms with van der Waals surface area (Å²) in [7, 11) is 3.99. The maximum absolute atomic E-state index is 13.0. The minimum Gasteiger partial charge on any atom is -0.378 e. The largest absolute Gasteiger partial charge is 0.378 e. The van der Waals surface area contributed by atoms with Crippen LogP contribution in [0.3, 0.4) is 0 Å². The Hall–Kier alpha value is -2.97. The zero-order chi connectivity index (χ0) is 20.8. The molecule has 0 unspecified atom stereocenters. The number of nitro benzene ring substituents is 1. The summed E-state index contributed by atoms with van der Waals surface area (Å²) < 4.78 is 5.38. The van der Waals surface area contributed by atoms with Crippen LogP contribution >= 0.6 is 0 Å². The van der Waals surface area contributed by atoms with E-state index in [1.165, 1.54) is 12.1 Å². The number of hydrogen-bond acceptors (Lipinski definition) is 6. The van der Waals surface area contributed by atoms with Crippen LogP contribution in [0.4, 0.5) is 11.4 Å². The van der Waals surface area contributed by atoms with E-state index in [9.17, 15) is 14.9 Å². The summed E-state index contributed by atoms with van der Waals surface area (Å²) in [6.07, 6.45) is 0. The van der Waals surface area contributed by atoms with Crippen LogP contribution in [-0.2, 0) is 17.8 Å². The van der Waals surface area contributed by atoms with E-state index in [1.807, 2.05) is 43.3 Å². The average molecular weight is 398 g/mol. The van der Waals surface area contributed by atoms with Gasteiger partial charge in [-0.15, -0.1) is 0 Å². The van der Waals surface area contributed by atoms with Gasteiger partial charge in [0.15, 0.2) is 0 Å². The number of amides is 1. The van der Waals surface area contributed by atoms with Crippen LogP contribution in [0.25, 0.3) is 0 Å². The van der Waals surface area contributed by atoms with Crippen molar-refractivity contribution in [3.8, 4) is 0 Å². The number of morpholine rings is 1. The summed E-state index contributed by atoms with van der Waals surface area (Å²) >= 11 is 0. The van der Waals surface area contributed by atoms with Crippen molar-refractivity contribution in [1.82, 2.24) is 10.2 Å². The van der Waals surface area contributed by atoms with Crippen LogP contribution in [0.1, 0.15) is 21.5 Å². The molecule has 2 aromatic rings. The molecule has 1 heterocycles. The van der Waals surface area contributed by atoms with Crippen molar-refractivity contribution in [2.24, 2.45) is 0 Å². The second kappa shape index (κ2) is 9.49. The molecule has 8 nitrogen and oxygen atoms in total. The highest BCUT2D eigenvalue weighted by Gasteiger charge is 2.22. The lowest BCUT2D eigenvalue weighted by molar-refractivity contribution is -0.384. The molecule has 1 saturated heterocycles. The number of carbonyl (C=O) groups is 1. The Kier molecular flexibility index (Phi) is 6.79. The van der Waals surface area contributed by atoms with Crippen LogP contribution in [-0.4, -0.2) is 56.1 Å². The maximum Gasteiger partial charge on any atom is 0.270 e. The molecular weight excluding hydrogens is 372 g/mol. The Balaban J connectivity index is 1.82. The highest BCUT2D eigenvalue weighted by atomic mass is 16.6. The van der Waals surface area contributed by atoms with E-state index in [1.54, 1.807) is 6.07 Å². The SMILES string of the molecule is CN(C)Cc1ccccc1CNC(=O)c1cc([N+](=O)[O-])ccc1N1CCOCC1. The Morgan fingerprint density at radius 1 is 1.17 bits per heavy atom. The van der Waals surface area contributed by atoms with Crippen molar-refractivity contribution >= 4 is 17.3 Å². The summed E-state index contributed by atoms with van der Waals surface area (Å²) in [6.45, 7) is 3.54. The quantitative estimate of drug-likeness (QED) is 0.569. The minimum absolute atomic E-state index is 0.0971. The number of nitrogens with one attached hydrogen (secondary N) is 1. The third-order valence-electron chi connectivity index (χ3n) is 4.83. The third kappa shape index (κ3) is 5.30. The van der Waals surface area contributed by atoms with Crippen molar-refractivity contribution in [1.29, 1.82) is 0 Å². The zero-order valence-corrected chi connectivity index (χ0v) is 16.8. The van der Waals surface area contributed by atoms with Gasteiger partial charge in [-0.1, -0.05) is 24.3 Å². The van der Waals surface area contributed by atoms with Gasteiger partial charge < -0.3 is 19.9 Å². The van der Waals surface area contributed by atoms with Gasteiger partial charge in [0.1, 0.15) is 0 Å². The lowest BCUT2D eigenvalue weighted by Gasteiger charge is -2.30. The molecule has 0 radical (unpaired) electrons. The van der Waals surface area contributed by atoms with Crippen LogP contribution in [0, 0.1) is 10.1 Å². The predicted octanol–water partition coefficient (Wildman–Crippen LogP) is 2.42. The fraction of sp³-hybridized carbons (Fsp3) is 0.381. The van der Waals surface area contributed by atoms with Gasteiger partial charge in [-0.2, -0.15) is 0 Å². The number of hydrogen-bond donors (Lipinski definition) is 1. The molecule has 0 saturated carbocycles. The molecule has 1 fully saturated rings. The highest BCUT2D eigenvalue weighted by molar-refractivity contribution is 6.00. The number of benzene rings is 2. The first kappa shape index (κ1) is 20.8. The molecule has 0 atom stereocenters. The topological polar surface area (TPSA) is 88.0 Å². The van der Waals surface area contributed by atoms with E-state index in [-0.39, 0.29) is 11.6 Å². The van der Waals surface area contributed by atoms with E-state index < -0.39 is 4.92 Å². The fourth-order valence-corrected chi connectivity index (χ4v) is 3.40. The van der Waals surface area contributed by atoms with Gasteiger partial charge >= 0.3 is 0 Å². The summed E-state index contributed by atoms with van der Waals surface area (Å²) in [4.78, 5) is 27.8. The number of non-ortho nitro benzene ring substituents is 1. The molecule has 0 aromatic heterocycles. The lowest BCUT2D eigenvalue weighted by atomic mass is 10.1. The minimum atomic E-state index is -0.480. The zero-order valence-electron chi connectivity index (χ0n) is 16.8. The number of carbonyl (C=O) groups excluding carboxylic acids is 1. The van der Waals surface area contributed by atoms with Gasteiger partial charge in [0.25, 0.3) is 11.6 Å². The maximum atomic E-state index is 13.0. The molecule has 2 aromatic carbocycles. The van der Waals surface area contributed by atoms with E-state index >= 15 is 0 Å². The molecule has 0 spiro atoms. The van der Waals surface area contributed by atoms with Crippen molar-refractivity contribution in [2.75, 3.05) is 45.3 Å². The average Bonchev–Trinajstić information content (AvgIpc) is 2.72. The Morgan fingerprint density at radius 3 is 2.52 bits per heavy atom. The van der Waals surface area contributed by atoms with Crippen LogP contribution in [0.5, 0.6) is 0 Å². The molecule has 1 aliphatic rings. The van der Waals surface area contributed by atoms with Crippen LogP contribution < -0.4 is 10.2 Å². The van der Waals surface area contributed by atoms with E-state index in [2.05, 4.69) is 10.2 Å². The lowest BCUT2D eigenvalue weighted by Crippen LogP contribution is -2.38. The first-order valence-electron chi connectivity index (χ1n) is 9.56. The van der Waals surface area contributed by atoms with Crippen molar-refractivity contribution < 1.29 is 14.5 Å². The molecular formula is C21H26N4O4. The van der Waals surface area contributed by atoms with Gasteiger partial charge in [0.05, 0.1) is 29.4 Å². The summed E-state index contributed by atoms with van der Waals surface area (Å²) in [5.41, 5.74) is 3.06. The van der Waals surface area contributed by atoms with Crippen LogP contribution in [0.15, 0.2) is 42.5 Å². The fourth-order valence-electron chi connectivity index (χ4n) is 3.40. The molecule has 3 rings (SSSR count). The predicted molar refractivity (Wildman–Crippen MR) is 111 cm³/mol. The first-order chi connectivity index (χ1) is 14.0. The van der Waals surface area contributed by atoms with Crippen molar-refractivity contribution in [3.63, 3.8) is 0 Å². The molecule has 0 aliphatic carbocycles. The van der Waals surface area contributed by atoms with Gasteiger partial charge in [-0.3, -0.25) is 14.9 Å². The molecule has 1 N–H and O–H groups in total. The number of nitro groups is 1. The summed E-state index contributed by atoms with van der Waals surface area (Å²) in [5.74, 6) is -0.324. The van der Waals surface area contributed by atoms with Gasteiger partial charge in [-0.25, -0.2) is 0 Å². The third-order valence-corrected chi connectivity index (χ3v) is 4.83. The molecule has 154 valence electrons. The highest BCUT2D eigenvalue weighted by Crippen LogP contribution is 2.26. The second-order valence-corrected chi connectivity index (χ2v) is 7.25. The second-order valence-electron chi connectivity index (χ2n) is 7.25. The van der Waals surface area contributed by atoms with Gasteiger partial charge in [-0.05, 0) is 31.3 Å². The molecule has 0 bridgehead atoms. The Morgan fingerprint density at radius 2 is 1.86 bits per heavy atom. The number of rotatable bonds is 7. The monoisotopic (exact) mass is 398 g/mol. The number of nitrogens with zero attached hydrogens (tertiary/aromatic N) is 3. The molecule has 1 aliphatic heterocycles. The Bertz CT molecular complexity index is 879. The number of ether oxygens (including phenoxy) is 1.